The summed E-state index contributed by atoms with van der Waals surface area (Å²) in [6.07, 6.45) is 6.54. The summed E-state index contributed by atoms with van der Waals surface area (Å²) in [4.78, 5) is 0. The summed E-state index contributed by atoms with van der Waals surface area (Å²) in [5, 5.41) is 3.53. The Hall–Kier alpha value is -1.02. The van der Waals surface area contributed by atoms with Gasteiger partial charge in [-0.15, -0.1) is 0 Å². The molecule has 1 aliphatic carbocycles. The molecule has 98 valence electrons. The predicted octanol–water partition coefficient (Wildman–Crippen LogP) is 3.54. The predicted molar refractivity (Wildman–Crippen MR) is 75.1 cm³/mol. The topological polar surface area (TPSA) is 21.3 Å². The molecule has 0 spiro atoms. The Balaban J connectivity index is 1.57. The van der Waals surface area contributed by atoms with E-state index in [1.165, 1.54) is 43.4 Å². The molecule has 0 aromatic heterocycles. The van der Waals surface area contributed by atoms with Crippen molar-refractivity contribution < 1.29 is 4.74 Å². The van der Waals surface area contributed by atoms with Crippen LogP contribution in [0.1, 0.15) is 44.2 Å². The van der Waals surface area contributed by atoms with Crippen molar-refractivity contribution in [1.82, 2.24) is 0 Å². The van der Waals surface area contributed by atoms with Gasteiger partial charge < -0.3 is 10.1 Å². The minimum atomic E-state index is 0.0737. The molecule has 1 aromatic carbocycles. The van der Waals surface area contributed by atoms with Crippen LogP contribution in [0.25, 0.3) is 0 Å². The molecule has 1 aromatic rings. The van der Waals surface area contributed by atoms with Gasteiger partial charge >= 0.3 is 0 Å². The molecule has 2 heteroatoms. The Morgan fingerprint density at radius 1 is 1.28 bits per heavy atom. The summed E-state index contributed by atoms with van der Waals surface area (Å²) in [7, 11) is 0. The molecule has 0 amide bonds. The highest BCUT2D eigenvalue weighted by Crippen LogP contribution is 2.30. The molecule has 0 radical (unpaired) electrons. The van der Waals surface area contributed by atoms with E-state index in [1.54, 1.807) is 5.56 Å². The highest BCUT2D eigenvalue weighted by Gasteiger charge is 2.31. The first-order valence-corrected chi connectivity index (χ1v) is 7.16. The van der Waals surface area contributed by atoms with Crippen LogP contribution in [0.2, 0.25) is 0 Å². The molecule has 2 nitrogen and oxygen atoms in total. The number of nitrogens with one attached hydrogen (secondary N) is 1. The molecule has 1 unspecified atom stereocenters. The van der Waals surface area contributed by atoms with E-state index in [-0.39, 0.29) is 5.60 Å². The van der Waals surface area contributed by atoms with E-state index in [1.807, 2.05) is 0 Å². The van der Waals surface area contributed by atoms with E-state index < -0.39 is 0 Å². The van der Waals surface area contributed by atoms with Gasteiger partial charge in [-0.1, -0.05) is 6.07 Å². The molecule has 0 bridgehead atoms. The first kappa shape index (κ1) is 12.0. The smallest absolute Gasteiger partial charge is 0.0755 e. The van der Waals surface area contributed by atoms with Crippen molar-refractivity contribution in [2.45, 2.75) is 57.7 Å². The van der Waals surface area contributed by atoms with E-state index in [4.69, 9.17) is 4.74 Å². The van der Waals surface area contributed by atoms with Crippen molar-refractivity contribution in [2.24, 2.45) is 0 Å². The van der Waals surface area contributed by atoms with Crippen molar-refractivity contribution in [2.75, 3.05) is 11.9 Å². The summed E-state index contributed by atoms with van der Waals surface area (Å²) in [6.45, 7) is 5.30. The average molecular weight is 245 g/mol. The van der Waals surface area contributed by atoms with Crippen LogP contribution in [0.15, 0.2) is 18.2 Å². The van der Waals surface area contributed by atoms with Crippen LogP contribution in [-0.4, -0.2) is 18.2 Å². The lowest BCUT2D eigenvalue weighted by Gasteiger charge is -2.20. The Labute approximate surface area is 110 Å². The monoisotopic (exact) mass is 245 g/mol. The molecule has 1 aliphatic heterocycles. The van der Waals surface area contributed by atoms with Gasteiger partial charge in [0.1, 0.15) is 0 Å². The van der Waals surface area contributed by atoms with Crippen LogP contribution < -0.4 is 5.32 Å². The normalized spacial score (nSPS) is 25.1. The van der Waals surface area contributed by atoms with Crippen LogP contribution in [-0.2, 0) is 17.6 Å². The molecule has 3 rings (SSSR count). The second-order valence-electron chi connectivity index (χ2n) is 6.26. The van der Waals surface area contributed by atoms with Crippen molar-refractivity contribution in [3.8, 4) is 0 Å². The zero-order valence-electron chi connectivity index (χ0n) is 11.5. The van der Waals surface area contributed by atoms with Gasteiger partial charge in [-0.05, 0) is 69.2 Å². The maximum Gasteiger partial charge on any atom is 0.0755 e. The Kier molecular flexibility index (Phi) is 3.06. The lowest BCUT2D eigenvalue weighted by atomic mass is 10.1. The Morgan fingerprint density at radius 2 is 2.11 bits per heavy atom. The number of hydrogen-bond acceptors (Lipinski definition) is 2. The number of benzene rings is 1. The molecule has 1 fully saturated rings. The lowest BCUT2D eigenvalue weighted by molar-refractivity contribution is -0.00910. The highest BCUT2D eigenvalue weighted by molar-refractivity contribution is 5.50. The standard InChI is InChI=1S/C16H23NO/c1-16(2)9-8-15(18-16)11-17-14-7-6-12-4-3-5-13(12)10-14/h6-7,10,15,17H,3-5,8-9,11H2,1-2H3. The number of aryl methyl sites for hydroxylation is 2. The maximum absolute atomic E-state index is 6.00. The third-order valence-electron chi connectivity index (χ3n) is 4.19. The zero-order valence-corrected chi connectivity index (χ0v) is 11.5. The van der Waals surface area contributed by atoms with E-state index >= 15 is 0 Å². The summed E-state index contributed by atoms with van der Waals surface area (Å²) >= 11 is 0. The third-order valence-corrected chi connectivity index (χ3v) is 4.19. The number of fused-ring (bicyclic) bond motifs is 1. The summed E-state index contributed by atoms with van der Waals surface area (Å²) in [6, 6.07) is 6.82. The van der Waals surface area contributed by atoms with Gasteiger partial charge in [-0.2, -0.15) is 0 Å². The molecule has 2 aliphatic rings. The summed E-state index contributed by atoms with van der Waals surface area (Å²) < 4.78 is 6.00. The Bertz CT molecular complexity index is 439. The van der Waals surface area contributed by atoms with Gasteiger partial charge in [0.05, 0.1) is 11.7 Å². The highest BCUT2D eigenvalue weighted by atomic mass is 16.5. The summed E-state index contributed by atoms with van der Waals surface area (Å²) in [5.74, 6) is 0. The SMILES string of the molecule is CC1(C)CCC(CNc2ccc3c(c2)CCC3)O1. The maximum atomic E-state index is 6.00. The van der Waals surface area contributed by atoms with Gasteiger partial charge in [0.15, 0.2) is 0 Å². The van der Waals surface area contributed by atoms with Crippen LogP contribution in [0, 0.1) is 0 Å². The number of anilines is 1. The average Bonchev–Trinajstić information content (AvgIpc) is 2.92. The minimum Gasteiger partial charge on any atom is -0.382 e. The molecular weight excluding hydrogens is 222 g/mol. The minimum absolute atomic E-state index is 0.0737. The van der Waals surface area contributed by atoms with Crippen molar-refractivity contribution in [1.29, 1.82) is 0 Å². The van der Waals surface area contributed by atoms with Crippen LogP contribution in [0.3, 0.4) is 0 Å². The molecule has 0 saturated carbocycles. The fourth-order valence-electron chi connectivity index (χ4n) is 3.13. The third kappa shape index (κ3) is 2.54. The molecule has 1 N–H and O–H groups in total. The second-order valence-corrected chi connectivity index (χ2v) is 6.26. The fraction of sp³-hybridized carbons (Fsp3) is 0.625. The number of ether oxygens (including phenoxy) is 1. The van der Waals surface area contributed by atoms with Gasteiger partial charge in [-0.25, -0.2) is 0 Å². The van der Waals surface area contributed by atoms with E-state index in [0.29, 0.717) is 6.10 Å². The Morgan fingerprint density at radius 3 is 2.89 bits per heavy atom. The van der Waals surface area contributed by atoms with Crippen molar-refractivity contribution >= 4 is 5.69 Å². The van der Waals surface area contributed by atoms with E-state index in [0.717, 1.165) is 6.54 Å². The van der Waals surface area contributed by atoms with Gasteiger partial charge in [0.25, 0.3) is 0 Å². The largest absolute Gasteiger partial charge is 0.382 e. The molecule has 18 heavy (non-hydrogen) atoms. The fourth-order valence-corrected chi connectivity index (χ4v) is 3.13. The van der Waals surface area contributed by atoms with Gasteiger partial charge in [-0.3, -0.25) is 0 Å². The van der Waals surface area contributed by atoms with Crippen molar-refractivity contribution in [3.63, 3.8) is 0 Å². The zero-order chi connectivity index (χ0) is 12.6. The van der Waals surface area contributed by atoms with Crippen LogP contribution in [0.4, 0.5) is 5.69 Å². The first-order valence-electron chi connectivity index (χ1n) is 7.16. The number of rotatable bonds is 3. The molecule has 1 atom stereocenters. The van der Waals surface area contributed by atoms with E-state index in [9.17, 15) is 0 Å². The number of hydrogen-bond donors (Lipinski definition) is 1. The lowest BCUT2D eigenvalue weighted by Crippen LogP contribution is -2.24. The molecule has 1 saturated heterocycles. The van der Waals surface area contributed by atoms with Crippen LogP contribution in [0.5, 0.6) is 0 Å². The van der Waals surface area contributed by atoms with Crippen LogP contribution >= 0.6 is 0 Å². The van der Waals surface area contributed by atoms with Crippen molar-refractivity contribution in [3.05, 3.63) is 29.3 Å². The molecular formula is C16H23NO. The summed E-state index contributed by atoms with van der Waals surface area (Å²) in [5.41, 5.74) is 4.40. The quantitative estimate of drug-likeness (QED) is 0.879. The van der Waals surface area contributed by atoms with Gasteiger partial charge in [0.2, 0.25) is 0 Å². The second kappa shape index (κ2) is 4.58. The van der Waals surface area contributed by atoms with E-state index in [2.05, 4.69) is 37.4 Å². The molecule has 1 heterocycles. The first-order chi connectivity index (χ1) is 8.62. The van der Waals surface area contributed by atoms with Gasteiger partial charge in [0, 0.05) is 12.2 Å².